The van der Waals surface area contributed by atoms with E-state index in [4.69, 9.17) is 4.42 Å². The van der Waals surface area contributed by atoms with Gasteiger partial charge in [0.2, 0.25) is 16.9 Å². The first-order valence-electron chi connectivity index (χ1n) is 10.2. The van der Waals surface area contributed by atoms with Crippen molar-refractivity contribution in [3.8, 4) is 45.8 Å². The van der Waals surface area contributed by atoms with Crippen molar-refractivity contribution in [1.29, 1.82) is 0 Å². The van der Waals surface area contributed by atoms with Gasteiger partial charge in [-0.15, -0.1) is 0 Å². The van der Waals surface area contributed by atoms with Gasteiger partial charge in [-0.05, 0) is 18.2 Å². The molecule has 38 heteroatoms. The minimum atomic E-state index is -6.19. The molecule has 0 N–H and O–H groups in total. The van der Waals surface area contributed by atoms with Gasteiger partial charge in [0.25, 0.3) is 62.4 Å². The van der Waals surface area contributed by atoms with E-state index in [1.54, 1.807) is 0 Å². The largest absolute Gasteiger partial charge is 1.00 e. The summed E-state index contributed by atoms with van der Waals surface area (Å²) in [4.78, 5) is 13.4. The van der Waals surface area contributed by atoms with Gasteiger partial charge in [-0.25, -0.2) is 50.5 Å². The molecule has 3 rings (SSSR count). The standard InChI is InChI=1S/C15H10O26S6.6Na/c16-11-10-8(38-44(23,24)25)4-9(39-45(26,27)28)13(40-46(29,30)31)14(10)35-12(15(11)41-47(32,33)34)5-1-2-6(36-42(17,18)19)7(3-5)37-43(20,21)22;;;;;;/h1-4H,(H,17,18,19)(H,20,21,22)(H,23,24,25)(H,26,27,28)(H,29,30,31)(H,32,33,34);;;;;;/q;6*+1/p-6. The van der Waals surface area contributed by atoms with Crippen LogP contribution >= 0.6 is 0 Å². The van der Waals surface area contributed by atoms with Crippen LogP contribution in [-0.2, 0) is 62.4 Å². The van der Waals surface area contributed by atoms with Gasteiger partial charge in [0.1, 0.15) is 5.39 Å². The summed E-state index contributed by atoms with van der Waals surface area (Å²) < 4.78 is 231. The molecule has 0 bridgehead atoms. The van der Waals surface area contributed by atoms with Crippen LogP contribution in [0.5, 0.6) is 34.5 Å². The number of benzene rings is 2. The van der Waals surface area contributed by atoms with Gasteiger partial charge in [0, 0.05) is 11.6 Å². The van der Waals surface area contributed by atoms with Crippen molar-refractivity contribution in [2.45, 2.75) is 0 Å². The van der Waals surface area contributed by atoms with Gasteiger partial charge < -0.3 is 56.8 Å². The minimum Gasteiger partial charge on any atom is -0.716 e. The Morgan fingerprint density at radius 3 is 1.21 bits per heavy atom. The van der Waals surface area contributed by atoms with Gasteiger partial charge in [0.05, 0.1) is 0 Å². The number of hydrogen-bond acceptors (Lipinski definition) is 26. The van der Waals surface area contributed by atoms with Crippen molar-refractivity contribution in [2.75, 3.05) is 0 Å². The number of hydrogen-bond donors (Lipinski definition) is 0. The summed E-state index contributed by atoms with van der Waals surface area (Å²) in [6.07, 6.45) is 0. The number of fused-ring (bicyclic) bond motifs is 1. The van der Waals surface area contributed by atoms with Crippen molar-refractivity contribution >= 4 is 73.4 Å². The Morgan fingerprint density at radius 1 is 0.434 bits per heavy atom. The zero-order chi connectivity index (χ0) is 36.1. The quantitative estimate of drug-likeness (QED) is 0.0872. The average Bonchev–Trinajstić information content (AvgIpc) is 2.78. The van der Waals surface area contributed by atoms with Crippen LogP contribution in [0.15, 0.2) is 33.5 Å². The maximum absolute atomic E-state index is 13.4. The molecule has 2 aromatic carbocycles. The zero-order valence-electron chi connectivity index (χ0n) is 26.9. The van der Waals surface area contributed by atoms with Crippen LogP contribution in [0.2, 0.25) is 0 Å². The van der Waals surface area contributed by atoms with E-state index in [9.17, 15) is 82.6 Å². The molecule has 0 amide bonds. The molecule has 0 radical (unpaired) electrons. The van der Waals surface area contributed by atoms with Crippen LogP contribution < -0.4 is 208 Å². The third-order valence-corrected chi connectivity index (χ3v) is 6.63. The van der Waals surface area contributed by atoms with Gasteiger partial charge in [-0.1, -0.05) is 0 Å². The first kappa shape index (κ1) is 61.6. The average molecular weight is 931 g/mol. The molecule has 53 heavy (non-hydrogen) atoms. The molecule has 26 nitrogen and oxygen atoms in total. The Hall–Kier alpha value is 1.91. The summed E-state index contributed by atoms with van der Waals surface area (Å²) >= 11 is 0. The van der Waals surface area contributed by atoms with E-state index >= 15 is 0 Å². The molecule has 0 fully saturated rings. The number of rotatable bonds is 13. The first-order chi connectivity index (χ1) is 20.9. The normalized spacial score (nSPS) is 11.7. The van der Waals surface area contributed by atoms with E-state index in [-0.39, 0.29) is 196 Å². The summed E-state index contributed by atoms with van der Waals surface area (Å²) in [5.74, 6) is -12.3. The fourth-order valence-electron chi connectivity index (χ4n) is 3.17. The van der Waals surface area contributed by atoms with Crippen LogP contribution in [0.25, 0.3) is 22.3 Å². The second kappa shape index (κ2) is 22.5. The van der Waals surface area contributed by atoms with Gasteiger partial charge in [-0.3, -0.25) is 4.79 Å². The minimum absolute atomic E-state index is 0. The topological polar surface area (TPSA) is 429 Å². The predicted octanol–water partition coefficient (Wildman–Crippen LogP) is -21.5. The predicted molar refractivity (Wildman–Crippen MR) is 130 cm³/mol. The van der Waals surface area contributed by atoms with Crippen LogP contribution in [0.4, 0.5) is 0 Å². The maximum atomic E-state index is 13.4. The van der Waals surface area contributed by atoms with Crippen LogP contribution in [0.1, 0.15) is 0 Å². The van der Waals surface area contributed by atoms with Crippen molar-refractivity contribution < 1.29 is 285 Å². The molecule has 0 saturated carbocycles. The summed E-state index contributed by atoms with van der Waals surface area (Å²) in [7, 11) is -36.3. The SMILES string of the molecule is O=c1c(OS(=O)(=O)[O-])c(-c2ccc(OS(=O)(=O)[O-])c(OS(=O)(=O)[O-])c2)oc2c(OS(=O)(=O)[O-])c(OS(=O)(=O)[O-])cc(OS(=O)(=O)[O-])c12.[Na+].[Na+].[Na+].[Na+].[Na+].[Na+]. The van der Waals surface area contributed by atoms with Crippen LogP contribution in [-0.4, -0.2) is 77.8 Å². The Labute approximate surface area is 430 Å². The molecule has 0 atom stereocenters. The summed E-state index contributed by atoms with van der Waals surface area (Å²) in [5, 5.41) is -1.75. The zero-order valence-corrected chi connectivity index (χ0v) is 43.8. The van der Waals surface area contributed by atoms with E-state index in [1.165, 1.54) is 0 Å². The van der Waals surface area contributed by atoms with Gasteiger partial charge in [0.15, 0.2) is 34.3 Å². The van der Waals surface area contributed by atoms with Crippen molar-refractivity contribution in [3.63, 3.8) is 0 Å². The molecule has 0 unspecified atom stereocenters. The molecule has 0 spiro atoms. The van der Waals surface area contributed by atoms with E-state index in [2.05, 4.69) is 25.1 Å². The Morgan fingerprint density at radius 2 is 0.792 bits per heavy atom. The second-order valence-electron chi connectivity index (χ2n) is 7.61. The Bertz CT molecular complexity index is 2540. The van der Waals surface area contributed by atoms with Gasteiger partial charge >= 0.3 is 177 Å². The molecule has 0 aliphatic heterocycles. The van der Waals surface area contributed by atoms with E-state index in [0.717, 1.165) is 0 Å². The molecule has 0 aliphatic rings. The van der Waals surface area contributed by atoms with Crippen molar-refractivity contribution in [1.82, 2.24) is 0 Å². The second-order valence-corrected chi connectivity index (χ2v) is 13.5. The monoisotopic (exact) mass is 930 g/mol. The smallest absolute Gasteiger partial charge is 0.716 e. The Kier molecular flexibility index (Phi) is 26.1. The fourth-order valence-corrected chi connectivity index (χ4v) is 5.29. The molecule has 3 aromatic rings. The van der Waals surface area contributed by atoms with Crippen molar-refractivity contribution in [3.05, 3.63) is 34.5 Å². The van der Waals surface area contributed by atoms with Crippen molar-refractivity contribution in [2.24, 2.45) is 0 Å². The van der Waals surface area contributed by atoms with E-state index in [1.807, 2.05) is 0 Å². The maximum Gasteiger partial charge on any atom is 1.00 e. The molecular formula is C15H4Na6O26S6. The summed E-state index contributed by atoms with van der Waals surface area (Å²) in [6, 6.07) is 0.399. The first-order valence-corrected chi connectivity index (χ1v) is 18.2. The summed E-state index contributed by atoms with van der Waals surface area (Å²) in [5.41, 5.74) is -5.18. The molecular weight excluding hydrogens is 926 g/mol. The summed E-state index contributed by atoms with van der Waals surface area (Å²) in [6.45, 7) is 0. The third-order valence-electron chi connectivity index (χ3n) is 4.35. The molecule has 0 aliphatic carbocycles. The fraction of sp³-hybridized carbons (Fsp3) is 0. The molecule has 0 saturated heterocycles. The third kappa shape index (κ3) is 20.1. The Balaban J connectivity index is -0.00000200. The molecule has 1 heterocycles. The molecule has 262 valence electrons. The van der Waals surface area contributed by atoms with Gasteiger partial charge in [-0.2, -0.15) is 0 Å². The van der Waals surface area contributed by atoms with Crippen LogP contribution in [0, 0.1) is 0 Å². The van der Waals surface area contributed by atoms with Crippen LogP contribution in [0.3, 0.4) is 0 Å². The van der Waals surface area contributed by atoms with E-state index < -0.39 is 125 Å². The van der Waals surface area contributed by atoms with E-state index in [0.29, 0.717) is 6.07 Å². The molecule has 1 aromatic heterocycles.